The molecule has 1 saturated heterocycles. The van der Waals surface area contributed by atoms with Crippen LogP contribution in [0.4, 0.5) is 33.6 Å². The molecule has 0 saturated carbocycles. The van der Waals surface area contributed by atoms with Crippen LogP contribution in [0.2, 0.25) is 0 Å². The Morgan fingerprint density at radius 2 is 1.81 bits per heavy atom. The first-order valence-electron chi connectivity index (χ1n) is 11.3. The number of hydrogen-bond acceptors (Lipinski definition) is 11. The number of hydrogen-bond donors (Lipinski definition) is 2. The molecule has 0 atom stereocenters. The van der Waals surface area contributed by atoms with E-state index in [9.17, 15) is 14.5 Å². The van der Waals surface area contributed by atoms with E-state index in [1.54, 1.807) is 36.4 Å². The number of rotatable bonds is 8. The highest BCUT2D eigenvalue weighted by molar-refractivity contribution is 5.78. The lowest BCUT2D eigenvalue weighted by molar-refractivity contribution is -0.384. The van der Waals surface area contributed by atoms with Gasteiger partial charge in [0.25, 0.3) is 5.69 Å². The number of nitrogens with one attached hydrogen (secondary N) is 2. The Labute approximate surface area is 210 Å². The first-order chi connectivity index (χ1) is 18.0. The minimum Gasteiger partial charge on any atom is -0.455 e. The molecule has 1 aliphatic heterocycles. The summed E-state index contributed by atoms with van der Waals surface area (Å²) in [6, 6.07) is 15.4. The van der Waals surface area contributed by atoms with Gasteiger partial charge in [0.15, 0.2) is 0 Å². The highest BCUT2D eigenvalue weighted by Gasteiger charge is 2.17. The minimum absolute atomic E-state index is 0.0262. The number of nitro benzene ring substituents is 1. The normalized spacial score (nSPS) is 13.6. The smallest absolute Gasteiger partial charge is 0.270 e. The van der Waals surface area contributed by atoms with Crippen LogP contribution in [0.5, 0.6) is 0 Å². The second-order valence-electron chi connectivity index (χ2n) is 7.89. The van der Waals surface area contributed by atoms with E-state index in [0.717, 1.165) is 0 Å². The summed E-state index contributed by atoms with van der Waals surface area (Å²) in [5.41, 5.74) is 3.94. The summed E-state index contributed by atoms with van der Waals surface area (Å²) in [5, 5.41) is 18.2. The largest absolute Gasteiger partial charge is 0.455 e. The SMILES string of the molecule is O=[N+]([O-])c1cccc(-c2ccc(C=NNc3nc(Nc4ccc(F)cc4)nc(N4CCOCC4)n3)o2)c1. The van der Waals surface area contributed by atoms with E-state index in [0.29, 0.717) is 55.0 Å². The average molecular weight is 504 g/mol. The van der Waals surface area contributed by atoms with Gasteiger partial charge in [0.1, 0.15) is 17.3 Å². The summed E-state index contributed by atoms with van der Waals surface area (Å²) in [7, 11) is 0. The summed E-state index contributed by atoms with van der Waals surface area (Å²) in [6.07, 6.45) is 1.44. The van der Waals surface area contributed by atoms with Crippen molar-refractivity contribution in [2.75, 3.05) is 41.9 Å². The van der Waals surface area contributed by atoms with Crippen LogP contribution in [0, 0.1) is 15.9 Å². The van der Waals surface area contributed by atoms with E-state index in [1.807, 2.05) is 4.90 Å². The van der Waals surface area contributed by atoms with Gasteiger partial charge in [0.2, 0.25) is 17.8 Å². The number of nitro groups is 1. The molecular formula is C24H21FN8O4. The van der Waals surface area contributed by atoms with Gasteiger partial charge in [0.05, 0.1) is 24.4 Å². The van der Waals surface area contributed by atoms with E-state index in [2.05, 4.69) is 30.8 Å². The molecule has 1 aliphatic rings. The molecular weight excluding hydrogens is 483 g/mol. The molecule has 13 heteroatoms. The number of furan rings is 1. The zero-order chi connectivity index (χ0) is 25.6. The predicted molar refractivity (Wildman–Crippen MR) is 135 cm³/mol. The number of nitrogens with zero attached hydrogens (tertiary/aromatic N) is 6. The van der Waals surface area contributed by atoms with Crippen molar-refractivity contribution in [3.63, 3.8) is 0 Å². The molecule has 0 spiro atoms. The fourth-order valence-corrected chi connectivity index (χ4v) is 3.54. The molecule has 0 aliphatic carbocycles. The van der Waals surface area contributed by atoms with Crippen molar-refractivity contribution < 1.29 is 18.5 Å². The monoisotopic (exact) mass is 504 g/mol. The van der Waals surface area contributed by atoms with Crippen LogP contribution in [0.1, 0.15) is 5.76 Å². The lowest BCUT2D eigenvalue weighted by atomic mass is 10.1. The maximum Gasteiger partial charge on any atom is 0.270 e. The lowest BCUT2D eigenvalue weighted by Crippen LogP contribution is -2.37. The lowest BCUT2D eigenvalue weighted by Gasteiger charge is -2.27. The van der Waals surface area contributed by atoms with Gasteiger partial charge in [0, 0.05) is 36.5 Å². The molecule has 188 valence electrons. The number of hydrazone groups is 1. The number of anilines is 4. The van der Waals surface area contributed by atoms with E-state index in [-0.39, 0.29) is 23.4 Å². The van der Waals surface area contributed by atoms with Crippen molar-refractivity contribution in [3.05, 3.63) is 82.4 Å². The number of ether oxygens (including phenoxy) is 1. The maximum atomic E-state index is 13.3. The molecule has 0 amide bonds. The molecule has 37 heavy (non-hydrogen) atoms. The van der Waals surface area contributed by atoms with Crippen molar-refractivity contribution in [1.29, 1.82) is 0 Å². The number of aromatic nitrogens is 3. The van der Waals surface area contributed by atoms with E-state index in [1.165, 1.54) is 30.5 Å². The van der Waals surface area contributed by atoms with Gasteiger partial charge in [-0.2, -0.15) is 20.1 Å². The summed E-state index contributed by atoms with van der Waals surface area (Å²) in [5.74, 6) is 1.41. The Kier molecular flexibility index (Phi) is 6.94. The number of non-ortho nitro benzene ring substituents is 1. The van der Waals surface area contributed by atoms with Crippen molar-refractivity contribution >= 4 is 35.4 Å². The first kappa shape index (κ1) is 23.8. The van der Waals surface area contributed by atoms with Crippen LogP contribution in [0.15, 0.2) is 70.2 Å². The Morgan fingerprint density at radius 3 is 2.59 bits per heavy atom. The third-order valence-electron chi connectivity index (χ3n) is 5.34. The fourth-order valence-electron chi connectivity index (χ4n) is 3.54. The molecule has 2 N–H and O–H groups in total. The summed E-state index contributed by atoms with van der Waals surface area (Å²) in [4.78, 5) is 25.8. The van der Waals surface area contributed by atoms with Gasteiger partial charge >= 0.3 is 0 Å². The molecule has 2 aromatic heterocycles. The molecule has 12 nitrogen and oxygen atoms in total. The maximum absolute atomic E-state index is 13.3. The molecule has 0 bridgehead atoms. The number of morpholine rings is 1. The Bertz CT molecular complexity index is 1420. The van der Waals surface area contributed by atoms with Gasteiger partial charge in [-0.05, 0) is 36.4 Å². The van der Waals surface area contributed by atoms with Crippen molar-refractivity contribution in [2.24, 2.45) is 5.10 Å². The standard InChI is InChI=1S/C24H21FN8O4/c25-17-4-6-18(7-5-17)27-22-28-23(30-24(29-22)32-10-12-36-13-11-32)31-26-15-20-8-9-21(37-20)16-2-1-3-19(14-16)33(34)35/h1-9,14-15H,10-13H2,(H2,27,28,29,30,31). The van der Waals surface area contributed by atoms with Crippen molar-refractivity contribution in [3.8, 4) is 11.3 Å². The third kappa shape index (κ3) is 6.02. The van der Waals surface area contributed by atoms with Crippen LogP contribution in [0.25, 0.3) is 11.3 Å². The van der Waals surface area contributed by atoms with Gasteiger partial charge in [-0.15, -0.1) is 0 Å². The number of halogens is 1. The second-order valence-corrected chi connectivity index (χ2v) is 7.89. The highest BCUT2D eigenvalue weighted by Crippen LogP contribution is 2.25. The molecule has 0 radical (unpaired) electrons. The molecule has 0 unspecified atom stereocenters. The zero-order valence-corrected chi connectivity index (χ0v) is 19.4. The van der Waals surface area contributed by atoms with Gasteiger partial charge in [-0.25, -0.2) is 9.82 Å². The van der Waals surface area contributed by atoms with Gasteiger partial charge < -0.3 is 19.4 Å². The van der Waals surface area contributed by atoms with E-state index < -0.39 is 4.92 Å². The third-order valence-corrected chi connectivity index (χ3v) is 5.34. The van der Waals surface area contributed by atoms with Crippen LogP contribution in [-0.4, -0.2) is 52.4 Å². The summed E-state index contributed by atoms with van der Waals surface area (Å²) in [6.45, 7) is 2.35. The van der Waals surface area contributed by atoms with E-state index in [4.69, 9.17) is 9.15 Å². The average Bonchev–Trinajstić information content (AvgIpc) is 3.39. The highest BCUT2D eigenvalue weighted by atomic mass is 19.1. The Balaban J connectivity index is 1.33. The van der Waals surface area contributed by atoms with Gasteiger partial charge in [-0.1, -0.05) is 12.1 Å². The molecule has 2 aromatic carbocycles. The van der Waals surface area contributed by atoms with Crippen LogP contribution in [-0.2, 0) is 4.74 Å². The second kappa shape index (κ2) is 10.8. The first-order valence-corrected chi connectivity index (χ1v) is 11.3. The topological polar surface area (TPSA) is 144 Å². The summed E-state index contributed by atoms with van der Waals surface area (Å²) < 4.78 is 24.4. The quantitative estimate of drug-likeness (QED) is 0.203. The van der Waals surface area contributed by atoms with Crippen LogP contribution in [0.3, 0.4) is 0 Å². The Hall–Kier alpha value is -4.91. The van der Waals surface area contributed by atoms with Gasteiger partial charge in [-0.3, -0.25) is 10.1 Å². The molecule has 3 heterocycles. The Morgan fingerprint density at radius 1 is 1.03 bits per heavy atom. The number of benzene rings is 2. The van der Waals surface area contributed by atoms with Crippen molar-refractivity contribution in [2.45, 2.75) is 0 Å². The predicted octanol–water partition coefficient (Wildman–Crippen LogP) is 4.21. The summed E-state index contributed by atoms with van der Waals surface area (Å²) >= 11 is 0. The minimum atomic E-state index is -0.461. The molecule has 1 fully saturated rings. The fraction of sp³-hybridized carbons (Fsp3) is 0.167. The van der Waals surface area contributed by atoms with Crippen molar-refractivity contribution in [1.82, 2.24) is 15.0 Å². The molecule has 4 aromatic rings. The van der Waals surface area contributed by atoms with Crippen LogP contribution >= 0.6 is 0 Å². The molecule has 5 rings (SSSR count). The van der Waals surface area contributed by atoms with E-state index >= 15 is 0 Å². The zero-order valence-electron chi connectivity index (χ0n) is 19.4. The van der Waals surface area contributed by atoms with Crippen LogP contribution < -0.4 is 15.6 Å².